The van der Waals surface area contributed by atoms with Crippen LogP contribution in [0.25, 0.3) is 0 Å². The largest absolute Gasteiger partial charge is 0.499 e. The van der Waals surface area contributed by atoms with Crippen LogP contribution >= 0.6 is 12.6 Å². The summed E-state index contributed by atoms with van der Waals surface area (Å²) in [6.45, 7) is 5.74. The van der Waals surface area contributed by atoms with E-state index in [0.717, 1.165) is 4.90 Å². The lowest BCUT2D eigenvalue weighted by Gasteiger charge is -1.89. The van der Waals surface area contributed by atoms with Gasteiger partial charge < -0.3 is 9.84 Å². The Morgan fingerprint density at radius 2 is 2.00 bits per heavy atom. The molecular weight excluding hydrogens is 196 g/mol. The van der Waals surface area contributed by atoms with Crippen molar-refractivity contribution >= 4 is 12.6 Å². The van der Waals surface area contributed by atoms with Crippen molar-refractivity contribution in [2.75, 3.05) is 13.2 Å². The van der Waals surface area contributed by atoms with Crippen LogP contribution in [-0.4, -0.2) is 18.3 Å². The van der Waals surface area contributed by atoms with Crippen LogP contribution in [0.3, 0.4) is 0 Å². The Kier molecular flexibility index (Phi) is 8.08. The number of hydrogen-bond acceptors (Lipinski definition) is 3. The molecule has 1 rings (SSSR count). The molecule has 0 saturated heterocycles. The standard InChI is InChI=1S/C7H8S.C4H8O2/c1-6-2-4-7(8)5-3-6;1-2-6-4-3-5/h2-5,8H,1H3;2,5H,1,3-4H2. The van der Waals surface area contributed by atoms with Gasteiger partial charge in [0.05, 0.1) is 12.9 Å². The molecule has 0 amide bonds. The first kappa shape index (κ1) is 13.1. The summed E-state index contributed by atoms with van der Waals surface area (Å²) in [7, 11) is 0. The van der Waals surface area contributed by atoms with E-state index < -0.39 is 0 Å². The zero-order valence-corrected chi connectivity index (χ0v) is 9.21. The highest BCUT2D eigenvalue weighted by Gasteiger charge is 1.80. The predicted octanol–water partition coefficient (Wildman–Crippen LogP) is 2.42. The monoisotopic (exact) mass is 212 g/mol. The fourth-order valence-electron chi connectivity index (χ4n) is 0.681. The number of hydrogen-bond donors (Lipinski definition) is 2. The third-order valence-corrected chi connectivity index (χ3v) is 1.66. The van der Waals surface area contributed by atoms with Gasteiger partial charge in [0.2, 0.25) is 0 Å². The fourth-order valence-corrected chi connectivity index (χ4v) is 0.830. The van der Waals surface area contributed by atoms with E-state index in [9.17, 15) is 0 Å². The van der Waals surface area contributed by atoms with Crippen molar-refractivity contribution in [1.29, 1.82) is 0 Å². The van der Waals surface area contributed by atoms with Gasteiger partial charge in [-0.1, -0.05) is 24.3 Å². The van der Waals surface area contributed by atoms with Gasteiger partial charge in [0.1, 0.15) is 6.61 Å². The quantitative estimate of drug-likeness (QED) is 0.458. The molecule has 0 saturated carbocycles. The number of aliphatic hydroxyl groups excluding tert-OH is 1. The lowest BCUT2D eigenvalue weighted by molar-refractivity contribution is 0.166. The normalized spacial score (nSPS) is 8.50. The maximum atomic E-state index is 8.02. The summed E-state index contributed by atoms with van der Waals surface area (Å²) >= 11 is 4.13. The van der Waals surface area contributed by atoms with Crippen LogP contribution in [0.1, 0.15) is 5.56 Å². The van der Waals surface area contributed by atoms with Gasteiger partial charge in [0.25, 0.3) is 0 Å². The van der Waals surface area contributed by atoms with E-state index in [0.29, 0.717) is 6.61 Å². The summed E-state index contributed by atoms with van der Waals surface area (Å²) in [4.78, 5) is 1.02. The molecule has 0 unspecified atom stereocenters. The fraction of sp³-hybridized carbons (Fsp3) is 0.273. The molecule has 1 aromatic carbocycles. The minimum absolute atomic E-state index is 0.0615. The Morgan fingerprint density at radius 3 is 2.29 bits per heavy atom. The van der Waals surface area contributed by atoms with Crippen molar-refractivity contribution in [2.24, 2.45) is 0 Å². The summed E-state index contributed by atoms with van der Waals surface area (Å²) < 4.78 is 4.50. The first-order chi connectivity index (χ1) is 6.70. The van der Waals surface area contributed by atoms with Crippen molar-refractivity contribution in [3.63, 3.8) is 0 Å². The van der Waals surface area contributed by atoms with Gasteiger partial charge in [-0.2, -0.15) is 0 Å². The average molecular weight is 212 g/mol. The Hall–Kier alpha value is -0.930. The minimum atomic E-state index is 0.0615. The molecule has 14 heavy (non-hydrogen) atoms. The molecule has 0 heterocycles. The van der Waals surface area contributed by atoms with Crippen LogP contribution in [0.15, 0.2) is 42.0 Å². The molecule has 3 heteroatoms. The predicted molar refractivity (Wildman–Crippen MR) is 61.7 cm³/mol. The molecule has 78 valence electrons. The topological polar surface area (TPSA) is 29.5 Å². The summed E-state index contributed by atoms with van der Waals surface area (Å²) in [5, 5.41) is 8.02. The van der Waals surface area contributed by atoms with E-state index in [4.69, 9.17) is 5.11 Å². The molecular formula is C11H16O2S. The molecule has 0 atom stereocenters. The second-order valence-corrected chi connectivity index (χ2v) is 3.11. The summed E-state index contributed by atoms with van der Waals surface area (Å²) in [5.41, 5.74) is 1.28. The molecule has 0 aliphatic rings. The number of aliphatic hydroxyl groups is 1. The Morgan fingerprint density at radius 1 is 1.43 bits per heavy atom. The van der Waals surface area contributed by atoms with Crippen LogP contribution < -0.4 is 0 Å². The van der Waals surface area contributed by atoms with E-state index in [1.54, 1.807) is 0 Å². The van der Waals surface area contributed by atoms with Gasteiger partial charge in [0, 0.05) is 4.90 Å². The van der Waals surface area contributed by atoms with Gasteiger partial charge in [0.15, 0.2) is 0 Å². The van der Waals surface area contributed by atoms with Crippen molar-refractivity contribution < 1.29 is 9.84 Å². The van der Waals surface area contributed by atoms with Crippen LogP contribution in [-0.2, 0) is 4.74 Å². The minimum Gasteiger partial charge on any atom is -0.499 e. The van der Waals surface area contributed by atoms with Gasteiger partial charge in [-0.15, -0.1) is 12.6 Å². The second kappa shape index (κ2) is 8.66. The summed E-state index contributed by atoms with van der Waals surface area (Å²) in [5.74, 6) is 0. The third-order valence-electron chi connectivity index (χ3n) is 1.36. The lowest BCUT2D eigenvalue weighted by Crippen LogP contribution is -1.90. The SMILES string of the molecule is C=COCCO.Cc1ccc(S)cc1. The zero-order valence-electron chi connectivity index (χ0n) is 8.31. The number of benzene rings is 1. The van der Waals surface area contributed by atoms with E-state index in [1.807, 2.05) is 24.3 Å². The van der Waals surface area contributed by atoms with E-state index in [1.165, 1.54) is 11.8 Å². The smallest absolute Gasteiger partial charge is 0.110 e. The highest BCUT2D eigenvalue weighted by atomic mass is 32.1. The Balaban J connectivity index is 0.000000255. The molecule has 0 aromatic heterocycles. The number of rotatable bonds is 3. The maximum Gasteiger partial charge on any atom is 0.110 e. The van der Waals surface area contributed by atoms with Gasteiger partial charge >= 0.3 is 0 Å². The van der Waals surface area contributed by atoms with E-state index in [-0.39, 0.29) is 6.61 Å². The molecule has 2 nitrogen and oxygen atoms in total. The Bertz CT molecular complexity index is 223. The molecule has 1 N–H and O–H groups in total. The van der Waals surface area contributed by atoms with Gasteiger partial charge in [-0.05, 0) is 19.1 Å². The lowest BCUT2D eigenvalue weighted by atomic mass is 10.2. The molecule has 0 aliphatic carbocycles. The highest BCUT2D eigenvalue weighted by molar-refractivity contribution is 7.80. The van der Waals surface area contributed by atoms with Crippen LogP contribution in [0, 0.1) is 6.92 Å². The van der Waals surface area contributed by atoms with Crippen LogP contribution in [0.4, 0.5) is 0 Å². The second-order valence-electron chi connectivity index (χ2n) is 2.60. The van der Waals surface area contributed by atoms with Crippen molar-refractivity contribution in [3.05, 3.63) is 42.7 Å². The Labute approximate surface area is 90.6 Å². The van der Waals surface area contributed by atoms with E-state index >= 15 is 0 Å². The van der Waals surface area contributed by atoms with Crippen LogP contribution in [0.2, 0.25) is 0 Å². The van der Waals surface area contributed by atoms with Crippen molar-refractivity contribution in [3.8, 4) is 0 Å². The first-order valence-electron chi connectivity index (χ1n) is 4.29. The van der Waals surface area contributed by atoms with Crippen LogP contribution in [0.5, 0.6) is 0 Å². The summed E-state index contributed by atoms with van der Waals surface area (Å²) in [6.07, 6.45) is 1.30. The highest BCUT2D eigenvalue weighted by Crippen LogP contribution is 2.05. The number of thiol groups is 1. The number of ether oxygens (including phenoxy) is 1. The third kappa shape index (κ3) is 7.71. The number of aryl methyl sites for hydroxylation is 1. The molecule has 0 radical (unpaired) electrons. The molecule has 0 bridgehead atoms. The maximum absolute atomic E-state index is 8.02. The molecule has 0 spiro atoms. The van der Waals surface area contributed by atoms with Crippen molar-refractivity contribution in [1.82, 2.24) is 0 Å². The molecule has 1 aromatic rings. The average Bonchev–Trinajstić information content (AvgIpc) is 2.20. The van der Waals surface area contributed by atoms with Gasteiger partial charge in [-0.3, -0.25) is 0 Å². The first-order valence-corrected chi connectivity index (χ1v) is 4.74. The molecule has 0 aliphatic heterocycles. The summed E-state index contributed by atoms with van der Waals surface area (Å²) in [6, 6.07) is 8.06. The zero-order chi connectivity index (χ0) is 10.8. The van der Waals surface area contributed by atoms with E-state index in [2.05, 4.69) is 30.9 Å². The van der Waals surface area contributed by atoms with Crippen molar-refractivity contribution in [2.45, 2.75) is 11.8 Å². The molecule has 0 fully saturated rings. The van der Waals surface area contributed by atoms with Gasteiger partial charge in [-0.25, -0.2) is 0 Å².